The Hall–Kier alpha value is -0.900. The molecule has 15 heavy (non-hydrogen) atoms. The summed E-state index contributed by atoms with van der Waals surface area (Å²) in [5, 5.41) is 10.4. The van der Waals surface area contributed by atoms with E-state index in [9.17, 15) is 10.1 Å². The third-order valence-electron chi connectivity index (χ3n) is 2.84. The van der Waals surface area contributed by atoms with Gasteiger partial charge in [-0.2, -0.15) is 0 Å². The molecule has 1 fully saturated rings. The highest BCUT2D eigenvalue weighted by Crippen LogP contribution is 2.41. The lowest BCUT2D eigenvalue weighted by atomic mass is 10.2. The monoisotopic (exact) mass is 213 g/mol. The van der Waals surface area contributed by atoms with Crippen molar-refractivity contribution in [2.24, 2.45) is 5.92 Å². The Kier molecular flexibility index (Phi) is 4.27. The van der Waals surface area contributed by atoms with Gasteiger partial charge in [0, 0.05) is 10.8 Å². The minimum absolute atomic E-state index is 0.0753. The predicted molar refractivity (Wildman–Crippen MR) is 58.4 cm³/mol. The summed E-state index contributed by atoms with van der Waals surface area (Å²) in [6.07, 6.45) is 3.64. The summed E-state index contributed by atoms with van der Waals surface area (Å²) in [6, 6.07) is 0. The smallest absolute Gasteiger partial charge is 0.229 e. The lowest BCUT2D eigenvalue weighted by Crippen LogP contribution is -2.24. The van der Waals surface area contributed by atoms with Gasteiger partial charge < -0.3 is 4.74 Å². The van der Waals surface area contributed by atoms with E-state index in [1.54, 1.807) is 0 Å². The Balaban J connectivity index is 2.42. The average molecular weight is 213 g/mol. The number of hydrogen-bond acceptors (Lipinski definition) is 3. The van der Waals surface area contributed by atoms with Crippen LogP contribution < -0.4 is 0 Å². The summed E-state index contributed by atoms with van der Waals surface area (Å²) in [4.78, 5) is 10.1. The second kappa shape index (κ2) is 5.26. The first-order chi connectivity index (χ1) is 7.10. The minimum atomic E-state index is -0.289. The van der Waals surface area contributed by atoms with Crippen molar-refractivity contribution < 1.29 is 9.66 Å². The SMILES string of the molecule is C/C=C1/C(C)C1OC(CCC)C[N+](=O)[O-]. The zero-order chi connectivity index (χ0) is 11.4. The lowest BCUT2D eigenvalue weighted by Gasteiger charge is -2.12. The van der Waals surface area contributed by atoms with Crippen LogP contribution in [0.5, 0.6) is 0 Å². The van der Waals surface area contributed by atoms with E-state index in [4.69, 9.17) is 4.74 Å². The minimum Gasteiger partial charge on any atom is -0.363 e. The van der Waals surface area contributed by atoms with E-state index in [0.29, 0.717) is 5.92 Å². The van der Waals surface area contributed by atoms with Gasteiger partial charge >= 0.3 is 0 Å². The van der Waals surface area contributed by atoms with Crippen molar-refractivity contribution in [1.29, 1.82) is 0 Å². The van der Waals surface area contributed by atoms with E-state index in [-0.39, 0.29) is 23.7 Å². The Labute approximate surface area is 90.5 Å². The summed E-state index contributed by atoms with van der Waals surface area (Å²) < 4.78 is 5.72. The fourth-order valence-corrected chi connectivity index (χ4v) is 1.91. The quantitative estimate of drug-likeness (QED) is 0.387. The molecule has 0 bridgehead atoms. The van der Waals surface area contributed by atoms with E-state index in [1.165, 1.54) is 5.57 Å². The molecule has 3 atom stereocenters. The number of nitrogens with zero attached hydrogens (tertiary/aromatic N) is 1. The Morgan fingerprint density at radius 3 is 2.73 bits per heavy atom. The van der Waals surface area contributed by atoms with Crippen LogP contribution >= 0.6 is 0 Å². The van der Waals surface area contributed by atoms with Gasteiger partial charge in [-0.3, -0.25) is 10.1 Å². The van der Waals surface area contributed by atoms with Crippen LogP contribution in [0.15, 0.2) is 11.6 Å². The van der Waals surface area contributed by atoms with Gasteiger partial charge in [0.2, 0.25) is 6.54 Å². The van der Waals surface area contributed by atoms with Gasteiger partial charge in [0.05, 0.1) is 6.10 Å². The molecule has 0 heterocycles. The molecule has 1 aliphatic carbocycles. The molecule has 1 rings (SSSR count). The van der Waals surface area contributed by atoms with Crippen LogP contribution in [0.25, 0.3) is 0 Å². The number of allylic oxidation sites excluding steroid dienone is 1. The lowest BCUT2D eigenvalue weighted by molar-refractivity contribution is -0.492. The maximum absolute atomic E-state index is 10.4. The number of hydrogen-bond donors (Lipinski definition) is 0. The molecule has 0 N–H and O–H groups in total. The highest BCUT2D eigenvalue weighted by Gasteiger charge is 2.42. The van der Waals surface area contributed by atoms with Crippen LogP contribution in [-0.2, 0) is 4.74 Å². The molecule has 1 aliphatic rings. The van der Waals surface area contributed by atoms with Gasteiger partial charge in [-0.1, -0.05) is 26.3 Å². The molecule has 0 saturated heterocycles. The summed E-state index contributed by atoms with van der Waals surface area (Å²) in [7, 11) is 0. The van der Waals surface area contributed by atoms with Crippen molar-refractivity contribution in [3.8, 4) is 0 Å². The Morgan fingerprint density at radius 2 is 2.33 bits per heavy atom. The van der Waals surface area contributed by atoms with Crippen LogP contribution in [0.4, 0.5) is 0 Å². The molecule has 0 aromatic heterocycles. The predicted octanol–water partition coefficient (Wildman–Crippen LogP) is 2.41. The van der Waals surface area contributed by atoms with Crippen molar-refractivity contribution in [2.75, 3.05) is 6.54 Å². The zero-order valence-corrected chi connectivity index (χ0v) is 9.60. The molecule has 0 aliphatic heterocycles. The molecule has 1 saturated carbocycles. The molecule has 4 heteroatoms. The summed E-state index contributed by atoms with van der Waals surface area (Å²) in [5.41, 5.74) is 1.28. The molecule has 3 unspecified atom stereocenters. The molecular formula is C11H19NO3. The van der Waals surface area contributed by atoms with Gasteiger partial charge in [0.25, 0.3) is 0 Å². The molecule has 0 aromatic carbocycles. The van der Waals surface area contributed by atoms with Gasteiger partial charge in [0.1, 0.15) is 6.10 Å². The Bertz CT molecular complexity index is 263. The standard InChI is InChI=1S/C11H19NO3/c1-4-6-9(7-12(13)14)15-11-8(3)10(11)5-2/h5,8-9,11H,4,6-7H2,1-3H3/b10-5-. The first kappa shape index (κ1) is 12.2. The van der Waals surface area contributed by atoms with E-state index in [0.717, 1.165) is 12.8 Å². The third kappa shape index (κ3) is 3.30. The fraction of sp³-hybridized carbons (Fsp3) is 0.818. The first-order valence-electron chi connectivity index (χ1n) is 5.53. The van der Waals surface area contributed by atoms with Gasteiger partial charge in [-0.05, 0) is 18.9 Å². The van der Waals surface area contributed by atoms with Crippen molar-refractivity contribution in [1.82, 2.24) is 0 Å². The second-order valence-electron chi connectivity index (χ2n) is 4.06. The van der Waals surface area contributed by atoms with Crippen molar-refractivity contribution in [3.05, 3.63) is 21.8 Å². The molecule has 4 nitrogen and oxygen atoms in total. The van der Waals surface area contributed by atoms with Gasteiger partial charge in [-0.25, -0.2) is 0 Å². The molecule has 0 aromatic rings. The van der Waals surface area contributed by atoms with Crippen LogP contribution in [0.1, 0.15) is 33.6 Å². The van der Waals surface area contributed by atoms with Crippen LogP contribution in [0.3, 0.4) is 0 Å². The van der Waals surface area contributed by atoms with Crippen molar-refractivity contribution in [3.63, 3.8) is 0 Å². The highest BCUT2D eigenvalue weighted by atomic mass is 16.6. The molecule has 86 valence electrons. The summed E-state index contributed by atoms with van der Waals surface area (Å²) >= 11 is 0. The Morgan fingerprint density at radius 1 is 1.67 bits per heavy atom. The maximum Gasteiger partial charge on any atom is 0.229 e. The van der Waals surface area contributed by atoms with E-state index in [2.05, 4.69) is 6.92 Å². The topological polar surface area (TPSA) is 52.4 Å². The summed E-state index contributed by atoms with van der Waals surface area (Å²) in [5.74, 6) is 0.445. The number of rotatable bonds is 6. The average Bonchev–Trinajstić information content (AvgIpc) is 2.75. The first-order valence-corrected chi connectivity index (χ1v) is 5.53. The van der Waals surface area contributed by atoms with E-state index in [1.807, 2.05) is 19.9 Å². The number of ether oxygens (including phenoxy) is 1. The number of nitro groups is 1. The van der Waals surface area contributed by atoms with Crippen molar-refractivity contribution in [2.45, 2.75) is 45.8 Å². The third-order valence-corrected chi connectivity index (χ3v) is 2.84. The molecule has 0 amide bonds. The highest BCUT2D eigenvalue weighted by molar-refractivity contribution is 5.30. The maximum atomic E-state index is 10.4. The normalized spacial score (nSPS) is 29.1. The second-order valence-corrected chi connectivity index (χ2v) is 4.06. The van der Waals surface area contributed by atoms with Crippen LogP contribution in [-0.4, -0.2) is 23.7 Å². The van der Waals surface area contributed by atoms with Crippen LogP contribution in [0.2, 0.25) is 0 Å². The van der Waals surface area contributed by atoms with E-state index >= 15 is 0 Å². The van der Waals surface area contributed by atoms with E-state index < -0.39 is 0 Å². The summed E-state index contributed by atoms with van der Waals surface area (Å²) in [6.45, 7) is 6.02. The van der Waals surface area contributed by atoms with Gasteiger partial charge in [0.15, 0.2) is 0 Å². The zero-order valence-electron chi connectivity index (χ0n) is 9.60. The molecule has 0 radical (unpaired) electrons. The largest absolute Gasteiger partial charge is 0.363 e. The van der Waals surface area contributed by atoms with Crippen LogP contribution in [0, 0.1) is 16.0 Å². The van der Waals surface area contributed by atoms with Gasteiger partial charge in [-0.15, -0.1) is 0 Å². The molecular weight excluding hydrogens is 194 g/mol. The molecule has 0 spiro atoms. The van der Waals surface area contributed by atoms with Crippen molar-refractivity contribution >= 4 is 0 Å². The fourth-order valence-electron chi connectivity index (χ4n) is 1.91.